The third-order valence-electron chi connectivity index (χ3n) is 5.54. The number of rotatable bonds is 8. The van der Waals surface area contributed by atoms with Crippen LogP contribution in [0.1, 0.15) is 0 Å². The molecule has 0 spiro atoms. The van der Waals surface area contributed by atoms with E-state index >= 15 is 0 Å². The summed E-state index contributed by atoms with van der Waals surface area (Å²) < 4.78 is 87.5. The van der Waals surface area contributed by atoms with Crippen molar-refractivity contribution >= 4 is 50.2 Å². The molecule has 3 rings (SSSR count). The summed E-state index contributed by atoms with van der Waals surface area (Å²) in [7, 11) is 3.19. The minimum atomic E-state index is -4.74. The summed E-state index contributed by atoms with van der Waals surface area (Å²) in [6, 6.07) is 4.63. The Morgan fingerprint density at radius 3 is 2.61 bits per heavy atom. The molecule has 1 aromatic heterocycles. The molecule has 2 atom stereocenters. The van der Waals surface area contributed by atoms with E-state index in [0.29, 0.717) is 11.8 Å². The van der Waals surface area contributed by atoms with Gasteiger partial charge >= 0.3 is 27.4 Å². The van der Waals surface area contributed by atoms with Gasteiger partial charge in [-0.25, -0.2) is 14.2 Å². The van der Waals surface area contributed by atoms with Crippen LogP contribution in [-0.4, -0.2) is 87.2 Å². The molecule has 1 saturated heterocycles. The Bertz CT molecular complexity index is 1180. The second-order valence-electron chi connectivity index (χ2n) is 7.76. The summed E-state index contributed by atoms with van der Waals surface area (Å²) in [5, 5.41) is 0.914. The highest BCUT2D eigenvalue weighted by Crippen LogP contribution is 2.42. The largest absolute Gasteiger partial charge is 0.491 e. The maximum Gasteiger partial charge on any atom is 0.403 e. The van der Waals surface area contributed by atoms with Crippen molar-refractivity contribution < 1.29 is 50.5 Å². The van der Waals surface area contributed by atoms with Crippen LogP contribution < -0.4 is 19.7 Å². The molecule has 0 bridgehead atoms. The number of nitrogens with zero attached hydrogens (tertiary/aromatic N) is 2. The highest BCUT2D eigenvalue weighted by atomic mass is 32.2. The molecule has 1 fully saturated rings. The van der Waals surface area contributed by atoms with Gasteiger partial charge in [-0.2, -0.15) is 17.6 Å². The lowest BCUT2D eigenvalue weighted by atomic mass is 10.2. The van der Waals surface area contributed by atoms with Gasteiger partial charge in [0, 0.05) is 30.8 Å². The first-order valence-corrected chi connectivity index (χ1v) is 13.2. The first-order valence-electron chi connectivity index (χ1n) is 10.8. The number of alkyl halides is 3. The van der Waals surface area contributed by atoms with E-state index < -0.39 is 72.9 Å². The van der Waals surface area contributed by atoms with Gasteiger partial charge in [-0.3, -0.25) is 4.79 Å². The van der Waals surface area contributed by atoms with Gasteiger partial charge in [0.05, 0.1) is 19.9 Å². The number of esters is 1. The number of carbonyl (C=O) groups excluding carboxylic acids is 2. The van der Waals surface area contributed by atoms with Crippen molar-refractivity contribution in [2.24, 2.45) is 0 Å². The lowest BCUT2D eigenvalue weighted by Gasteiger charge is -2.33. The number of aromatic nitrogens is 1. The molecule has 1 aromatic carbocycles. The van der Waals surface area contributed by atoms with Crippen molar-refractivity contribution in [3.63, 3.8) is 0 Å². The van der Waals surface area contributed by atoms with Crippen LogP contribution in [0.2, 0.25) is 0 Å². The molecule has 0 unspecified atom stereocenters. The summed E-state index contributed by atoms with van der Waals surface area (Å²) in [5.41, 5.74) is 0.0607. The fourth-order valence-corrected chi connectivity index (χ4v) is 6.98. The van der Waals surface area contributed by atoms with Gasteiger partial charge in [-0.1, -0.05) is 0 Å². The Morgan fingerprint density at radius 2 is 1.97 bits per heavy atom. The van der Waals surface area contributed by atoms with Crippen molar-refractivity contribution in [1.82, 2.24) is 4.98 Å². The summed E-state index contributed by atoms with van der Waals surface area (Å²) in [4.78, 5) is 29.8. The Balaban J connectivity index is 1.96. The normalized spacial score (nSPS) is 19.7. The number of carbonyl (C=O) groups is 2. The summed E-state index contributed by atoms with van der Waals surface area (Å²) in [6.45, 7) is -0.442. The Kier molecular flexibility index (Phi) is 9.69. The number of hydrogen-bond acceptors (Lipinski definition) is 9. The third kappa shape index (κ3) is 6.43. The fraction of sp³-hybridized carbons (Fsp3) is 0.409. The number of benzene rings is 1. The van der Waals surface area contributed by atoms with Crippen molar-refractivity contribution in [2.75, 3.05) is 49.3 Å². The van der Waals surface area contributed by atoms with Gasteiger partial charge in [0.15, 0.2) is 23.5 Å². The molecule has 2 heterocycles. The van der Waals surface area contributed by atoms with E-state index in [-0.39, 0.29) is 22.7 Å². The van der Waals surface area contributed by atoms with Crippen LogP contribution in [0.3, 0.4) is 0 Å². The summed E-state index contributed by atoms with van der Waals surface area (Å²) >= 11 is -0.920. The number of anilines is 2. The Hall–Kier alpha value is -2.80. The van der Waals surface area contributed by atoms with E-state index in [1.807, 2.05) is 0 Å². The molecule has 9 nitrogen and oxygen atoms in total. The lowest BCUT2D eigenvalue weighted by molar-refractivity contribution is -0.226. The van der Waals surface area contributed by atoms with Gasteiger partial charge in [-0.05, 0) is 23.6 Å². The zero-order valence-electron chi connectivity index (χ0n) is 20.3. The summed E-state index contributed by atoms with van der Waals surface area (Å²) in [5.74, 6) is -5.19. The molecular weight excluding hydrogens is 556 g/mol. The van der Waals surface area contributed by atoms with Crippen molar-refractivity contribution in [2.45, 2.75) is 16.0 Å². The molecule has 1 N–H and O–H groups in total. The lowest BCUT2D eigenvalue weighted by Crippen LogP contribution is -2.55. The van der Waals surface area contributed by atoms with Crippen LogP contribution in [0.5, 0.6) is 11.6 Å². The Labute approximate surface area is 224 Å². The minimum absolute atomic E-state index is 0.0271. The van der Waals surface area contributed by atoms with Crippen LogP contribution in [0.4, 0.5) is 33.3 Å². The van der Waals surface area contributed by atoms with E-state index in [2.05, 4.69) is 15.0 Å². The average molecular weight is 578 g/mol. The van der Waals surface area contributed by atoms with E-state index in [9.17, 15) is 31.5 Å². The number of hydrogen-bond donors (Lipinski definition) is 1. The zero-order valence-corrected chi connectivity index (χ0v) is 22.3. The van der Waals surface area contributed by atoms with Gasteiger partial charge in [-0.15, -0.1) is 11.8 Å². The zero-order chi connectivity index (χ0) is 28.1. The molecule has 205 valence electrons. The SMILES string of the molecule is COC(=O)COc1cc(NC(=O)[C@@H]2SC[C@](OC)(C(F)(F)F)[Al][CH2]N2c2ccc(F)c(F)c2OC)ccn1. The first-order chi connectivity index (χ1) is 18.0. The van der Waals surface area contributed by atoms with Crippen LogP contribution in [0.25, 0.3) is 0 Å². The predicted octanol–water partition coefficient (Wildman–Crippen LogP) is 3.00. The maximum atomic E-state index is 14.5. The molecule has 0 saturated carbocycles. The van der Waals surface area contributed by atoms with Crippen LogP contribution in [0.15, 0.2) is 30.5 Å². The van der Waals surface area contributed by atoms with Gasteiger partial charge in [0.1, 0.15) is 4.46 Å². The van der Waals surface area contributed by atoms with Crippen molar-refractivity contribution in [3.05, 3.63) is 42.1 Å². The molecular formula is C22H22AlF5N3O6S. The highest BCUT2D eigenvalue weighted by molar-refractivity contribution is 8.00. The van der Waals surface area contributed by atoms with Gasteiger partial charge in [0.25, 0.3) is 5.91 Å². The molecule has 16 heteroatoms. The maximum absolute atomic E-state index is 14.5. The smallest absolute Gasteiger partial charge is 0.403 e. The molecule has 2 aromatic rings. The quantitative estimate of drug-likeness (QED) is 0.288. The van der Waals surface area contributed by atoms with Crippen LogP contribution >= 0.6 is 11.8 Å². The van der Waals surface area contributed by atoms with E-state index in [1.54, 1.807) is 0 Å². The number of ether oxygens (including phenoxy) is 4. The van der Waals surface area contributed by atoms with E-state index in [0.717, 1.165) is 26.4 Å². The molecule has 1 radical (unpaired) electrons. The van der Waals surface area contributed by atoms with Gasteiger partial charge < -0.3 is 29.2 Å². The van der Waals surface area contributed by atoms with Crippen molar-refractivity contribution in [1.29, 1.82) is 0 Å². The summed E-state index contributed by atoms with van der Waals surface area (Å²) in [6.07, 6.45) is -3.46. The Morgan fingerprint density at radius 1 is 1.24 bits per heavy atom. The second kappa shape index (κ2) is 12.4. The molecule has 1 amide bonds. The standard InChI is InChI=1S/C22H22F5N3O6S.Al/c1-30(14-6-5-13(23)18(24)19(14)35-4)21(37-11-15(33-2)22(25,26)27)20(32)29-12-7-8-28-16(9-12)36-10-17(31)34-3;/h5-9,21H,1,10-11H2,2-4H3,(H,28,29,32);/t21-;/m0./s1. The van der Waals surface area contributed by atoms with Crippen LogP contribution in [-0.2, 0) is 19.1 Å². The van der Waals surface area contributed by atoms with Crippen LogP contribution in [0, 0.1) is 11.6 Å². The van der Waals surface area contributed by atoms with E-state index in [1.165, 1.54) is 30.3 Å². The van der Waals surface area contributed by atoms with E-state index in [4.69, 9.17) is 14.2 Å². The predicted molar refractivity (Wildman–Crippen MR) is 128 cm³/mol. The first kappa shape index (κ1) is 29.8. The topological polar surface area (TPSA) is 99.2 Å². The third-order valence-corrected chi connectivity index (χ3v) is 9.21. The number of methoxy groups -OCH3 is 3. The number of pyridine rings is 1. The van der Waals surface area contributed by atoms with Crippen molar-refractivity contribution in [3.8, 4) is 11.6 Å². The monoisotopic (exact) mass is 578 g/mol. The minimum Gasteiger partial charge on any atom is -0.491 e. The molecule has 1 aliphatic heterocycles. The average Bonchev–Trinajstić information content (AvgIpc) is 3.09. The fourth-order valence-electron chi connectivity index (χ4n) is 3.49. The van der Waals surface area contributed by atoms with Gasteiger partial charge in [0.2, 0.25) is 11.7 Å². The number of halogens is 5. The molecule has 38 heavy (non-hydrogen) atoms. The molecule has 0 aliphatic carbocycles. The number of thioether (sulfide) groups is 1. The molecule has 1 aliphatic rings. The second-order valence-corrected chi connectivity index (χ2v) is 10.5. The highest BCUT2D eigenvalue weighted by Gasteiger charge is 2.57. The number of amides is 1. The number of nitrogens with one attached hydrogen (secondary N) is 1.